The molecule has 2 heterocycles. The first kappa shape index (κ1) is 19.9. The number of likely N-dealkylation sites (tertiary alicyclic amines) is 1. The van der Waals surface area contributed by atoms with Gasteiger partial charge in [0, 0.05) is 40.6 Å². The first-order valence-electron chi connectivity index (χ1n) is 10.5. The Hall–Kier alpha value is -1.40. The zero-order valence-electron chi connectivity index (χ0n) is 16.8. The summed E-state index contributed by atoms with van der Waals surface area (Å²) in [5, 5.41) is 3.20. The first-order valence-corrected chi connectivity index (χ1v) is 11.3. The van der Waals surface area contributed by atoms with Gasteiger partial charge in [0.05, 0.1) is 6.54 Å². The third-order valence-corrected chi connectivity index (χ3v) is 7.05. The zero-order chi connectivity index (χ0) is 19.9. The minimum absolute atomic E-state index is 0.0369. The SMILES string of the molecule is CC1(C)CN(CC(=O)NC2CCCN(C3CCC3)C2)C(=O)c2ccc(Br)cc21. The van der Waals surface area contributed by atoms with Crippen molar-refractivity contribution in [1.29, 1.82) is 0 Å². The van der Waals surface area contributed by atoms with Crippen LogP contribution in [-0.2, 0) is 10.2 Å². The van der Waals surface area contributed by atoms with Crippen LogP contribution in [0.2, 0.25) is 0 Å². The third-order valence-electron chi connectivity index (χ3n) is 6.56. The summed E-state index contributed by atoms with van der Waals surface area (Å²) >= 11 is 3.50. The number of rotatable bonds is 4. The van der Waals surface area contributed by atoms with E-state index in [4.69, 9.17) is 0 Å². The van der Waals surface area contributed by atoms with Gasteiger partial charge in [0.1, 0.15) is 0 Å². The van der Waals surface area contributed by atoms with E-state index in [0.29, 0.717) is 12.1 Å². The second-order valence-electron chi connectivity index (χ2n) is 9.22. The van der Waals surface area contributed by atoms with E-state index in [2.05, 4.69) is 40.0 Å². The average Bonchev–Trinajstić information content (AvgIpc) is 2.58. The monoisotopic (exact) mass is 447 g/mol. The molecule has 0 spiro atoms. The second-order valence-corrected chi connectivity index (χ2v) is 10.1. The summed E-state index contributed by atoms with van der Waals surface area (Å²) in [7, 11) is 0. The predicted octanol–water partition coefficient (Wildman–Crippen LogP) is 3.32. The van der Waals surface area contributed by atoms with E-state index >= 15 is 0 Å². The van der Waals surface area contributed by atoms with Crippen molar-refractivity contribution in [2.24, 2.45) is 0 Å². The van der Waals surface area contributed by atoms with Gasteiger partial charge in [-0.2, -0.15) is 0 Å². The van der Waals surface area contributed by atoms with Crippen molar-refractivity contribution in [3.8, 4) is 0 Å². The van der Waals surface area contributed by atoms with Crippen LogP contribution in [0.4, 0.5) is 0 Å². The minimum Gasteiger partial charge on any atom is -0.351 e. The van der Waals surface area contributed by atoms with Gasteiger partial charge in [-0.25, -0.2) is 0 Å². The lowest BCUT2D eigenvalue weighted by Crippen LogP contribution is -2.55. The molecule has 1 N–H and O–H groups in total. The van der Waals surface area contributed by atoms with Gasteiger partial charge in [0.15, 0.2) is 0 Å². The minimum atomic E-state index is -0.181. The normalized spacial score (nSPS) is 25.2. The van der Waals surface area contributed by atoms with Gasteiger partial charge in [-0.05, 0) is 56.0 Å². The van der Waals surface area contributed by atoms with Crippen molar-refractivity contribution in [1.82, 2.24) is 15.1 Å². The lowest BCUT2D eigenvalue weighted by molar-refractivity contribution is -0.123. The van der Waals surface area contributed by atoms with Crippen LogP contribution in [0.5, 0.6) is 0 Å². The van der Waals surface area contributed by atoms with E-state index in [9.17, 15) is 9.59 Å². The quantitative estimate of drug-likeness (QED) is 0.769. The second kappa shape index (κ2) is 7.79. The molecule has 2 aliphatic heterocycles. The lowest BCUT2D eigenvalue weighted by Gasteiger charge is -2.43. The van der Waals surface area contributed by atoms with Crippen molar-refractivity contribution in [2.75, 3.05) is 26.2 Å². The van der Waals surface area contributed by atoms with Crippen LogP contribution in [0.15, 0.2) is 22.7 Å². The number of fused-ring (bicyclic) bond motifs is 1. The molecule has 4 rings (SSSR count). The fourth-order valence-electron chi connectivity index (χ4n) is 4.85. The first-order chi connectivity index (χ1) is 13.3. The predicted molar refractivity (Wildman–Crippen MR) is 113 cm³/mol. The van der Waals surface area contributed by atoms with Crippen LogP contribution < -0.4 is 5.32 Å². The number of hydrogen-bond acceptors (Lipinski definition) is 3. The van der Waals surface area contributed by atoms with Gasteiger partial charge in [0.2, 0.25) is 5.91 Å². The molecule has 0 radical (unpaired) electrons. The number of carbonyl (C=O) groups is 2. The summed E-state index contributed by atoms with van der Waals surface area (Å²) < 4.78 is 0.978. The van der Waals surface area contributed by atoms with E-state index in [1.807, 2.05) is 18.2 Å². The third kappa shape index (κ3) is 3.99. The number of carbonyl (C=O) groups excluding carboxylic acids is 2. The molecule has 28 heavy (non-hydrogen) atoms. The maximum absolute atomic E-state index is 13.0. The van der Waals surface area contributed by atoms with Crippen LogP contribution in [0, 0.1) is 0 Å². The molecule has 0 bridgehead atoms. The number of nitrogens with one attached hydrogen (secondary N) is 1. The lowest BCUT2D eigenvalue weighted by atomic mass is 9.78. The Morgan fingerprint density at radius 1 is 1.25 bits per heavy atom. The van der Waals surface area contributed by atoms with Crippen molar-refractivity contribution < 1.29 is 9.59 Å². The summed E-state index contributed by atoms with van der Waals surface area (Å²) in [5.74, 6) is -0.0816. The molecular weight excluding hydrogens is 418 g/mol. The molecule has 1 aromatic carbocycles. The highest BCUT2D eigenvalue weighted by Gasteiger charge is 2.37. The number of nitrogens with zero attached hydrogens (tertiary/aromatic N) is 2. The number of amides is 2. The van der Waals surface area contributed by atoms with Crippen molar-refractivity contribution in [3.63, 3.8) is 0 Å². The molecule has 2 fully saturated rings. The Kier molecular flexibility index (Phi) is 5.53. The standard InChI is InChI=1S/C22H30BrN3O2/c1-22(2)14-26(21(28)18-9-8-15(23)11-19(18)22)13-20(27)24-16-5-4-10-25(12-16)17-6-3-7-17/h8-9,11,16-17H,3-7,10,12-14H2,1-2H3,(H,24,27). The van der Waals surface area contributed by atoms with E-state index in [0.717, 1.165) is 42.0 Å². The summed E-state index contributed by atoms with van der Waals surface area (Å²) in [6, 6.07) is 6.72. The van der Waals surface area contributed by atoms with E-state index in [-0.39, 0.29) is 29.8 Å². The highest BCUT2D eigenvalue weighted by molar-refractivity contribution is 9.10. The molecule has 1 atom stereocenters. The topological polar surface area (TPSA) is 52.7 Å². The van der Waals surface area contributed by atoms with Gasteiger partial charge in [-0.1, -0.05) is 36.2 Å². The number of hydrogen-bond donors (Lipinski definition) is 1. The van der Waals surface area contributed by atoms with Crippen LogP contribution >= 0.6 is 15.9 Å². The average molecular weight is 448 g/mol. The largest absolute Gasteiger partial charge is 0.351 e. The molecule has 2 amide bonds. The molecule has 3 aliphatic rings. The van der Waals surface area contributed by atoms with Gasteiger partial charge in [-0.15, -0.1) is 0 Å². The molecule has 1 aromatic rings. The summed E-state index contributed by atoms with van der Waals surface area (Å²) in [4.78, 5) is 29.9. The molecular formula is C22H30BrN3O2. The van der Waals surface area contributed by atoms with Gasteiger partial charge >= 0.3 is 0 Å². The summed E-state index contributed by atoms with van der Waals surface area (Å²) in [5.41, 5.74) is 1.58. The fourth-order valence-corrected chi connectivity index (χ4v) is 5.21. The van der Waals surface area contributed by atoms with Gasteiger partial charge < -0.3 is 10.2 Å². The van der Waals surface area contributed by atoms with Crippen LogP contribution in [0.1, 0.15) is 61.9 Å². The summed E-state index contributed by atoms with van der Waals surface area (Å²) in [6.07, 6.45) is 6.11. The molecule has 5 nitrogen and oxygen atoms in total. The Labute approximate surface area is 176 Å². The molecule has 1 saturated carbocycles. The van der Waals surface area contributed by atoms with Gasteiger partial charge in [-0.3, -0.25) is 14.5 Å². The molecule has 1 unspecified atom stereocenters. The Bertz CT molecular complexity index is 775. The highest BCUT2D eigenvalue weighted by Crippen LogP contribution is 2.35. The van der Waals surface area contributed by atoms with E-state index in [1.165, 1.54) is 19.3 Å². The molecule has 0 aromatic heterocycles. The van der Waals surface area contributed by atoms with Crippen molar-refractivity contribution in [3.05, 3.63) is 33.8 Å². The van der Waals surface area contributed by atoms with Crippen LogP contribution in [-0.4, -0.2) is 59.9 Å². The highest BCUT2D eigenvalue weighted by atomic mass is 79.9. The maximum Gasteiger partial charge on any atom is 0.254 e. The van der Waals surface area contributed by atoms with Crippen molar-refractivity contribution >= 4 is 27.7 Å². The van der Waals surface area contributed by atoms with E-state index < -0.39 is 0 Å². The molecule has 6 heteroatoms. The number of benzene rings is 1. The smallest absolute Gasteiger partial charge is 0.254 e. The molecule has 1 saturated heterocycles. The van der Waals surface area contributed by atoms with Gasteiger partial charge in [0.25, 0.3) is 5.91 Å². The Balaban J connectivity index is 1.39. The van der Waals surface area contributed by atoms with Crippen molar-refractivity contribution in [2.45, 2.75) is 63.5 Å². The Morgan fingerprint density at radius 3 is 2.75 bits per heavy atom. The zero-order valence-corrected chi connectivity index (χ0v) is 18.4. The number of halogens is 1. The van der Waals surface area contributed by atoms with Crippen LogP contribution in [0.25, 0.3) is 0 Å². The molecule has 1 aliphatic carbocycles. The maximum atomic E-state index is 13.0. The Morgan fingerprint density at radius 2 is 2.04 bits per heavy atom. The number of piperidine rings is 1. The fraction of sp³-hybridized carbons (Fsp3) is 0.636. The molecule has 152 valence electrons. The summed E-state index contributed by atoms with van der Waals surface area (Å²) in [6.45, 7) is 7.06. The van der Waals surface area contributed by atoms with E-state index in [1.54, 1.807) is 4.90 Å². The van der Waals surface area contributed by atoms with Crippen LogP contribution in [0.3, 0.4) is 0 Å².